The molecule has 0 radical (unpaired) electrons. The van der Waals surface area contributed by atoms with Crippen molar-refractivity contribution in [3.63, 3.8) is 0 Å². The Balaban J connectivity index is 2.10. The van der Waals surface area contributed by atoms with Crippen LogP contribution in [-0.4, -0.2) is 18.6 Å². The van der Waals surface area contributed by atoms with Crippen molar-refractivity contribution in [2.45, 2.75) is 32.7 Å². The Morgan fingerprint density at radius 2 is 2.22 bits per heavy atom. The van der Waals surface area contributed by atoms with Gasteiger partial charge in [-0.2, -0.15) is 0 Å². The Morgan fingerprint density at radius 1 is 1.50 bits per heavy atom. The van der Waals surface area contributed by atoms with E-state index in [1.807, 2.05) is 13.0 Å². The van der Waals surface area contributed by atoms with E-state index in [2.05, 4.69) is 5.32 Å². The van der Waals surface area contributed by atoms with Gasteiger partial charge in [-0.3, -0.25) is 0 Å². The molecule has 0 bridgehead atoms. The van der Waals surface area contributed by atoms with Gasteiger partial charge in [-0.1, -0.05) is 0 Å². The topological polar surface area (TPSA) is 38.3 Å². The first-order valence-electron chi connectivity index (χ1n) is 6.30. The highest BCUT2D eigenvalue weighted by atomic mass is 19.1. The predicted molar refractivity (Wildman–Crippen MR) is 67.9 cm³/mol. The molecular weight excluding hydrogens is 233 g/mol. The number of hydrogen-bond acceptors (Lipinski definition) is 3. The van der Waals surface area contributed by atoms with Crippen LogP contribution in [0.15, 0.2) is 18.2 Å². The van der Waals surface area contributed by atoms with Crippen LogP contribution in [0, 0.1) is 18.7 Å². The second kappa shape index (κ2) is 5.38. The van der Waals surface area contributed by atoms with Crippen molar-refractivity contribution < 1.29 is 13.9 Å². The van der Waals surface area contributed by atoms with Crippen LogP contribution in [-0.2, 0) is 9.53 Å². The summed E-state index contributed by atoms with van der Waals surface area (Å²) >= 11 is 0. The number of anilines is 1. The van der Waals surface area contributed by atoms with Crippen LogP contribution >= 0.6 is 0 Å². The average molecular weight is 251 g/mol. The summed E-state index contributed by atoms with van der Waals surface area (Å²) in [7, 11) is 0. The molecule has 0 amide bonds. The normalized spacial score (nSPS) is 16.2. The number of esters is 1. The fraction of sp³-hybridized carbons (Fsp3) is 0.500. The minimum atomic E-state index is -0.355. The second-order valence-corrected chi connectivity index (χ2v) is 4.73. The summed E-state index contributed by atoms with van der Waals surface area (Å²) < 4.78 is 18.3. The monoisotopic (exact) mass is 251 g/mol. The van der Waals surface area contributed by atoms with Crippen LogP contribution in [0.3, 0.4) is 0 Å². The molecule has 0 heterocycles. The van der Waals surface area contributed by atoms with Crippen LogP contribution in [0.4, 0.5) is 10.1 Å². The summed E-state index contributed by atoms with van der Waals surface area (Å²) in [5, 5.41) is 3.09. The van der Waals surface area contributed by atoms with Gasteiger partial charge < -0.3 is 10.1 Å². The maximum Gasteiger partial charge on any atom is 0.328 e. The lowest BCUT2D eigenvalue weighted by Gasteiger charge is -2.18. The van der Waals surface area contributed by atoms with Crippen molar-refractivity contribution in [2.75, 3.05) is 11.9 Å². The molecule has 0 spiro atoms. The van der Waals surface area contributed by atoms with Gasteiger partial charge in [-0.05, 0) is 56.4 Å². The third kappa shape index (κ3) is 3.22. The Hall–Kier alpha value is -1.58. The second-order valence-electron chi connectivity index (χ2n) is 4.73. The molecule has 1 aliphatic carbocycles. The molecular formula is C14H18FNO2. The maximum absolute atomic E-state index is 13.3. The van der Waals surface area contributed by atoms with Crippen molar-refractivity contribution in [3.05, 3.63) is 29.6 Å². The summed E-state index contributed by atoms with van der Waals surface area (Å²) in [6.45, 7) is 3.98. The zero-order valence-electron chi connectivity index (χ0n) is 10.7. The van der Waals surface area contributed by atoms with E-state index >= 15 is 0 Å². The first-order chi connectivity index (χ1) is 8.60. The van der Waals surface area contributed by atoms with Gasteiger partial charge in [-0.25, -0.2) is 9.18 Å². The number of rotatable bonds is 5. The van der Waals surface area contributed by atoms with Crippen LogP contribution < -0.4 is 5.32 Å². The van der Waals surface area contributed by atoms with E-state index in [-0.39, 0.29) is 17.8 Å². The number of halogens is 1. The molecule has 1 atom stereocenters. The van der Waals surface area contributed by atoms with Gasteiger partial charge in [0.15, 0.2) is 0 Å². The molecule has 1 unspecified atom stereocenters. The van der Waals surface area contributed by atoms with Gasteiger partial charge in [0.25, 0.3) is 0 Å². The molecule has 2 rings (SSSR count). The highest BCUT2D eigenvalue weighted by Crippen LogP contribution is 2.35. The van der Waals surface area contributed by atoms with Crippen molar-refractivity contribution in [1.29, 1.82) is 0 Å². The van der Waals surface area contributed by atoms with Crippen LogP contribution in [0.25, 0.3) is 0 Å². The molecule has 4 heteroatoms. The molecule has 1 fully saturated rings. The van der Waals surface area contributed by atoms with E-state index in [0.29, 0.717) is 18.2 Å². The molecule has 0 saturated heterocycles. The highest BCUT2D eigenvalue weighted by Gasteiger charge is 2.37. The number of carbonyl (C=O) groups excluding carboxylic acids is 1. The van der Waals surface area contributed by atoms with E-state index in [1.165, 1.54) is 12.1 Å². The maximum atomic E-state index is 13.3. The minimum Gasteiger partial charge on any atom is -0.464 e. The van der Waals surface area contributed by atoms with Crippen molar-refractivity contribution in [3.8, 4) is 0 Å². The van der Waals surface area contributed by atoms with Crippen LogP contribution in [0.1, 0.15) is 25.3 Å². The zero-order chi connectivity index (χ0) is 13.1. The lowest BCUT2D eigenvalue weighted by molar-refractivity contribution is -0.144. The van der Waals surface area contributed by atoms with E-state index in [0.717, 1.165) is 18.4 Å². The Labute approximate surface area is 106 Å². The highest BCUT2D eigenvalue weighted by molar-refractivity contribution is 5.80. The number of benzene rings is 1. The smallest absolute Gasteiger partial charge is 0.328 e. The third-order valence-corrected chi connectivity index (χ3v) is 3.00. The first kappa shape index (κ1) is 12.9. The predicted octanol–water partition coefficient (Wildman–Crippen LogP) is 2.89. The van der Waals surface area contributed by atoms with E-state index in [4.69, 9.17) is 4.74 Å². The summed E-state index contributed by atoms with van der Waals surface area (Å²) in [5.74, 6) is -0.231. The SMILES string of the molecule is CCOC(=O)C(Nc1cc(C)cc(F)c1)C1CC1. The molecule has 1 saturated carbocycles. The quantitative estimate of drug-likeness (QED) is 0.818. The zero-order valence-corrected chi connectivity index (χ0v) is 10.7. The molecule has 0 aromatic heterocycles. The molecule has 0 aliphatic heterocycles. The molecule has 18 heavy (non-hydrogen) atoms. The Kier molecular flexibility index (Phi) is 3.84. The fourth-order valence-corrected chi connectivity index (χ4v) is 2.03. The average Bonchev–Trinajstić information content (AvgIpc) is 3.08. The third-order valence-electron chi connectivity index (χ3n) is 3.00. The van der Waals surface area contributed by atoms with Crippen molar-refractivity contribution in [1.82, 2.24) is 0 Å². The van der Waals surface area contributed by atoms with Crippen molar-refractivity contribution >= 4 is 11.7 Å². The number of carbonyl (C=O) groups is 1. The van der Waals surface area contributed by atoms with Gasteiger partial charge in [0, 0.05) is 5.69 Å². The van der Waals surface area contributed by atoms with E-state index in [9.17, 15) is 9.18 Å². The van der Waals surface area contributed by atoms with Gasteiger partial charge in [0.2, 0.25) is 0 Å². The standard InChI is InChI=1S/C14H18FNO2/c1-3-18-14(17)13(10-4-5-10)16-12-7-9(2)6-11(15)8-12/h6-8,10,13,16H,3-5H2,1-2H3. The lowest BCUT2D eigenvalue weighted by Crippen LogP contribution is -2.33. The molecule has 3 nitrogen and oxygen atoms in total. The summed E-state index contributed by atoms with van der Waals surface area (Å²) in [4.78, 5) is 11.8. The van der Waals surface area contributed by atoms with Crippen molar-refractivity contribution in [2.24, 2.45) is 5.92 Å². The summed E-state index contributed by atoms with van der Waals surface area (Å²) in [5.41, 5.74) is 1.47. The van der Waals surface area contributed by atoms with Crippen LogP contribution in [0.5, 0.6) is 0 Å². The first-order valence-corrected chi connectivity index (χ1v) is 6.30. The lowest BCUT2D eigenvalue weighted by atomic mass is 10.1. The summed E-state index contributed by atoms with van der Waals surface area (Å²) in [6.07, 6.45) is 2.04. The Bertz CT molecular complexity index is 423. The van der Waals surface area contributed by atoms with Gasteiger partial charge in [-0.15, -0.1) is 0 Å². The fourth-order valence-electron chi connectivity index (χ4n) is 2.03. The van der Waals surface area contributed by atoms with E-state index < -0.39 is 0 Å². The molecule has 1 aromatic carbocycles. The van der Waals surface area contributed by atoms with Gasteiger partial charge >= 0.3 is 5.97 Å². The minimum absolute atomic E-state index is 0.248. The van der Waals surface area contributed by atoms with Crippen LogP contribution in [0.2, 0.25) is 0 Å². The molecule has 1 aromatic rings. The number of nitrogens with one attached hydrogen (secondary N) is 1. The molecule has 98 valence electrons. The van der Waals surface area contributed by atoms with Gasteiger partial charge in [0.05, 0.1) is 6.61 Å². The van der Waals surface area contributed by atoms with Gasteiger partial charge in [0.1, 0.15) is 11.9 Å². The number of hydrogen-bond donors (Lipinski definition) is 1. The summed E-state index contributed by atoms with van der Waals surface area (Å²) in [6, 6.07) is 4.34. The molecule has 1 N–H and O–H groups in total. The largest absolute Gasteiger partial charge is 0.464 e. The molecule has 1 aliphatic rings. The number of aryl methyl sites for hydroxylation is 1. The number of ether oxygens (including phenoxy) is 1. The Morgan fingerprint density at radius 3 is 2.78 bits per heavy atom. The van der Waals surface area contributed by atoms with E-state index in [1.54, 1.807) is 6.92 Å².